The first kappa shape index (κ1) is 13.7. The van der Waals surface area contributed by atoms with Crippen molar-refractivity contribution in [2.45, 2.75) is 24.9 Å². The summed E-state index contributed by atoms with van der Waals surface area (Å²) >= 11 is 0. The van der Waals surface area contributed by atoms with E-state index < -0.39 is 5.54 Å². The van der Waals surface area contributed by atoms with Gasteiger partial charge in [-0.1, -0.05) is 0 Å². The number of amides is 1. The summed E-state index contributed by atoms with van der Waals surface area (Å²) in [5, 5.41) is 15.9. The predicted molar refractivity (Wildman–Crippen MR) is 66.9 cm³/mol. The van der Waals surface area contributed by atoms with Crippen LogP contribution in [-0.2, 0) is 11.3 Å². The van der Waals surface area contributed by atoms with Crippen LogP contribution in [0.1, 0.15) is 23.3 Å². The van der Waals surface area contributed by atoms with E-state index in [4.69, 9.17) is 9.84 Å². The number of hydrogen-bond donors (Lipinski definition) is 2. The molecule has 19 heavy (non-hydrogen) atoms. The van der Waals surface area contributed by atoms with Crippen LogP contribution < -0.4 is 10.9 Å². The Kier molecular flexibility index (Phi) is 3.96. The van der Waals surface area contributed by atoms with Gasteiger partial charge in [0.2, 0.25) is 0 Å². The van der Waals surface area contributed by atoms with Crippen molar-refractivity contribution in [3.63, 3.8) is 0 Å². The Labute approximate surface area is 110 Å². The first-order valence-corrected chi connectivity index (χ1v) is 6.11. The Morgan fingerprint density at radius 2 is 2.32 bits per heavy atom. The zero-order valence-electron chi connectivity index (χ0n) is 10.8. The quantitative estimate of drug-likeness (QED) is 0.700. The maximum absolute atomic E-state index is 12.0. The Hall–Kier alpha value is -1.73. The van der Waals surface area contributed by atoms with Crippen LogP contribution in [0.2, 0.25) is 0 Å². The maximum atomic E-state index is 12.0. The van der Waals surface area contributed by atoms with Crippen molar-refractivity contribution in [2.24, 2.45) is 0 Å². The van der Waals surface area contributed by atoms with E-state index in [-0.39, 0.29) is 23.8 Å². The normalized spacial score (nSPS) is 16.1. The van der Waals surface area contributed by atoms with Crippen LogP contribution in [0, 0.1) is 0 Å². The second kappa shape index (κ2) is 5.50. The molecule has 7 heteroatoms. The average molecular weight is 267 g/mol. The van der Waals surface area contributed by atoms with Crippen molar-refractivity contribution in [3.05, 3.63) is 28.2 Å². The van der Waals surface area contributed by atoms with Gasteiger partial charge in [-0.3, -0.25) is 9.59 Å². The van der Waals surface area contributed by atoms with Crippen molar-refractivity contribution < 1.29 is 14.6 Å². The molecule has 0 aliphatic heterocycles. The van der Waals surface area contributed by atoms with E-state index >= 15 is 0 Å². The molecule has 0 radical (unpaired) electrons. The molecule has 1 amide bonds. The van der Waals surface area contributed by atoms with Crippen molar-refractivity contribution in [1.29, 1.82) is 0 Å². The van der Waals surface area contributed by atoms with Crippen molar-refractivity contribution in [1.82, 2.24) is 15.1 Å². The largest absolute Gasteiger partial charge is 0.394 e. The number of aliphatic hydroxyl groups is 1. The lowest BCUT2D eigenvalue weighted by Gasteiger charge is -2.14. The molecule has 0 spiro atoms. The van der Waals surface area contributed by atoms with Crippen LogP contribution in [-0.4, -0.2) is 46.7 Å². The van der Waals surface area contributed by atoms with Crippen LogP contribution in [0.25, 0.3) is 0 Å². The van der Waals surface area contributed by atoms with Gasteiger partial charge in [-0.25, -0.2) is 4.68 Å². The van der Waals surface area contributed by atoms with Gasteiger partial charge in [0.05, 0.1) is 25.3 Å². The summed E-state index contributed by atoms with van der Waals surface area (Å²) < 4.78 is 6.07. The van der Waals surface area contributed by atoms with Gasteiger partial charge < -0.3 is 15.2 Å². The third-order valence-electron chi connectivity index (χ3n) is 3.14. The molecular weight excluding hydrogens is 250 g/mol. The second-order valence-electron chi connectivity index (χ2n) is 4.67. The summed E-state index contributed by atoms with van der Waals surface area (Å²) in [6, 6.07) is 2.69. The first-order chi connectivity index (χ1) is 9.10. The van der Waals surface area contributed by atoms with Gasteiger partial charge in [0.1, 0.15) is 5.69 Å². The van der Waals surface area contributed by atoms with Gasteiger partial charge in [-0.15, -0.1) is 0 Å². The number of nitrogens with zero attached hydrogens (tertiary/aromatic N) is 2. The highest BCUT2D eigenvalue weighted by atomic mass is 16.5. The molecule has 1 aromatic heterocycles. The lowest BCUT2D eigenvalue weighted by atomic mass is 10.2. The molecule has 1 fully saturated rings. The number of rotatable bonds is 6. The molecule has 2 rings (SSSR count). The first-order valence-electron chi connectivity index (χ1n) is 6.11. The van der Waals surface area contributed by atoms with Gasteiger partial charge in [-0.2, -0.15) is 5.10 Å². The predicted octanol–water partition coefficient (Wildman–Crippen LogP) is -0.856. The lowest BCUT2D eigenvalue weighted by molar-refractivity contribution is 0.0898. The minimum Gasteiger partial charge on any atom is -0.394 e. The summed E-state index contributed by atoms with van der Waals surface area (Å²) in [7, 11) is 1.53. The molecule has 104 valence electrons. The fourth-order valence-corrected chi connectivity index (χ4v) is 1.69. The third kappa shape index (κ3) is 3.18. The number of methoxy groups -OCH3 is 1. The van der Waals surface area contributed by atoms with Gasteiger partial charge >= 0.3 is 0 Å². The summed E-state index contributed by atoms with van der Waals surface area (Å²) in [5.74, 6) is -0.377. The average Bonchev–Trinajstić information content (AvgIpc) is 3.18. The molecule has 0 unspecified atom stereocenters. The minimum absolute atomic E-state index is 0.0813. The highest BCUT2D eigenvalue weighted by molar-refractivity contribution is 5.92. The monoisotopic (exact) mass is 267 g/mol. The van der Waals surface area contributed by atoms with Crippen LogP contribution in [0.4, 0.5) is 0 Å². The Balaban J connectivity index is 2.11. The summed E-state index contributed by atoms with van der Waals surface area (Å²) in [4.78, 5) is 23.5. The fraction of sp³-hybridized carbons (Fsp3) is 0.583. The van der Waals surface area contributed by atoms with Crippen LogP contribution in [0.3, 0.4) is 0 Å². The molecule has 1 aliphatic rings. The van der Waals surface area contributed by atoms with Gasteiger partial charge in [-0.05, 0) is 18.9 Å². The van der Waals surface area contributed by atoms with E-state index in [2.05, 4.69) is 10.4 Å². The number of aromatic nitrogens is 2. The van der Waals surface area contributed by atoms with Crippen molar-refractivity contribution in [3.8, 4) is 0 Å². The highest BCUT2D eigenvalue weighted by Gasteiger charge is 2.43. The number of nitrogens with one attached hydrogen (secondary N) is 1. The second-order valence-corrected chi connectivity index (χ2v) is 4.67. The van der Waals surface area contributed by atoms with Crippen LogP contribution in [0.15, 0.2) is 16.9 Å². The molecule has 1 aliphatic carbocycles. The van der Waals surface area contributed by atoms with E-state index in [1.807, 2.05) is 0 Å². The molecule has 0 saturated heterocycles. The highest BCUT2D eigenvalue weighted by Crippen LogP contribution is 2.34. The standard InChI is InChI=1S/C12H17N3O4/c1-19-7-6-15-10(17)3-2-9(14-15)11(18)13-12(8-16)4-5-12/h2-3,16H,4-8H2,1H3,(H,13,18). The lowest BCUT2D eigenvalue weighted by Crippen LogP contribution is -2.40. The summed E-state index contributed by atoms with van der Waals surface area (Å²) in [5.41, 5.74) is -0.612. The number of carbonyl (C=O) groups is 1. The van der Waals surface area contributed by atoms with Gasteiger partial charge in [0, 0.05) is 13.2 Å². The molecule has 1 aromatic rings. The third-order valence-corrected chi connectivity index (χ3v) is 3.14. The van der Waals surface area contributed by atoms with Crippen LogP contribution in [0.5, 0.6) is 0 Å². The smallest absolute Gasteiger partial charge is 0.272 e. The zero-order valence-corrected chi connectivity index (χ0v) is 10.8. The zero-order chi connectivity index (χ0) is 13.9. The molecule has 0 bridgehead atoms. The maximum Gasteiger partial charge on any atom is 0.272 e. The molecule has 7 nitrogen and oxygen atoms in total. The van der Waals surface area contributed by atoms with E-state index in [9.17, 15) is 9.59 Å². The van der Waals surface area contributed by atoms with Gasteiger partial charge in [0.25, 0.3) is 11.5 Å². The minimum atomic E-state index is -0.494. The number of aliphatic hydroxyl groups excluding tert-OH is 1. The van der Waals surface area contributed by atoms with E-state index in [0.717, 1.165) is 12.8 Å². The summed E-state index contributed by atoms with van der Waals surface area (Å²) in [6.07, 6.45) is 1.52. The van der Waals surface area contributed by atoms with Gasteiger partial charge in [0.15, 0.2) is 0 Å². The van der Waals surface area contributed by atoms with Crippen molar-refractivity contribution >= 4 is 5.91 Å². The fourth-order valence-electron chi connectivity index (χ4n) is 1.69. The molecule has 2 N–H and O–H groups in total. The Morgan fingerprint density at radius 3 is 2.89 bits per heavy atom. The molecule has 1 heterocycles. The topological polar surface area (TPSA) is 93.5 Å². The molecular formula is C12H17N3O4. The summed E-state index contributed by atoms with van der Waals surface area (Å²) in [6.45, 7) is 0.558. The number of hydrogen-bond acceptors (Lipinski definition) is 5. The number of carbonyl (C=O) groups excluding carboxylic acids is 1. The number of ether oxygens (including phenoxy) is 1. The van der Waals surface area contributed by atoms with Crippen molar-refractivity contribution in [2.75, 3.05) is 20.3 Å². The Morgan fingerprint density at radius 1 is 1.58 bits per heavy atom. The molecule has 1 saturated carbocycles. The Bertz CT molecular complexity index is 522. The van der Waals surface area contributed by atoms with E-state index in [1.165, 1.54) is 23.9 Å². The SMILES string of the molecule is COCCn1nc(C(=O)NC2(CO)CC2)ccc1=O. The van der Waals surface area contributed by atoms with Crippen LogP contribution >= 0.6 is 0 Å². The molecule has 0 atom stereocenters. The molecule has 0 aromatic carbocycles. The van der Waals surface area contributed by atoms with E-state index in [0.29, 0.717) is 13.2 Å². The van der Waals surface area contributed by atoms with E-state index in [1.54, 1.807) is 0 Å².